The number of ether oxygens (including phenoxy) is 2. The Kier molecular flexibility index (Phi) is 15.9. The summed E-state index contributed by atoms with van der Waals surface area (Å²) in [5, 5.41) is 0. The second-order valence-electron chi connectivity index (χ2n) is 28.0. The van der Waals surface area contributed by atoms with E-state index in [1.165, 1.54) is 117 Å². The van der Waals surface area contributed by atoms with Crippen molar-refractivity contribution in [2.75, 3.05) is 14.2 Å². The molecule has 0 aromatic rings. The molecule has 0 aromatic carbocycles. The zero-order valence-electron chi connectivity index (χ0n) is 45.6. The number of hydrogen-bond donors (Lipinski definition) is 0. The highest BCUT2D eigenvalue weighted by Gasteiger charge is 2.65. The summed E-state index contributed by atoms with van der Waals surface area (Å²) in [6.45, 7) is 34.6. The molecule has 8 aliphatic carbocycles. The van der Waals surface area contributed by atoms with Crippen molar-refractivity contribution in [2.24, 2.45) is 105 Å². The monoisotopic (exact) mass is 951 g/mol. The molecule has 8 rings (SSSR count). The molecule has 378 valence electrons. The number of hydrogen-bond acceptors (Lipinski definition) is 6. The maximum absolute atomic E-state index is 11.8. The van der Waals surface area contributed by atoms with Crippen LogP contribution in [0.5, 0.6) is 0 Å². The molecule has 8 saturated carbocycles. The third-order valence-corrected chi connectivity index (χ3v) is 24.1. The third-order valence-electron chi connectivity index (χ3n) is 22.1. The second kappa shape index (κ2) is 19.9. The lowest BCUT2D eigenvalue weighted by molar-refractivity contribution is -0.164. The van der Waals surface area contributed by atoms with Crippen LogP contribution in [0, 0.1) is 105 Å². The molecule has 0 bridgehead atoms. The highest BCUT2D eigenvalue weighted by Crippen LogP contribution is 2.71. The van der Waals surface area contributed by atoms with Crippen molar-refractivity contribution in [3.63, 3.8) is 0 Å². The Bertz CT molecular complexity index is 1720. The fraction of sp³-hybridized carbons (Fsp3) is 0.931. The Labute approximate surface area is 408 Å². The summed E-state index contributed by atoms with van der Waals surface area (Å²) in [4.78, 5) is 23.5. The summed E-state index contributed by atoms with van der Waals surface area (Å²) in [6.07, 6.45) is 28.2. The van der Waals surface area contributed by atoms with Gasteiger partial charge in [-0.15, -0.1) is 0 Å². The van der Waals surface area contributed by atoms with Crippen molar-refractivity contribution in [1.82, 2.24) is 0 Å². The Hall–Kier alpha value is -0.966. The zero-order chi connectivity index (χ0) is 48.4. The molecule has 0 aliphatic heterocycles. The Morgan fingerprint density at radius 1 is 0.576 bits per heavy atom. The molecule has 0 heterocycles. The standard InChI is InChI=1S/C29H52O3Si.C29H50O3Si/c2*1-19-13-15-28(3)21(17-19)18-25(32-33(6,7)8)27-23-11-10-22(20(2)9-12-26(30)31-5)29(23,4)16-14-24(27)28/h19-25,27H,9-18H2,1-8H3;9,12,19-25,27H,10-11,13-18H2,1-8H3/b;12-9+/t2*19-,20-,21+,22-,23+,24+,25-,27+,28+,29-/m11/s1. The minimum Gasteiger partial charge on any atom is -0.469 e. The minimum atomic E-state index is -1.62. The summed E-state index contributed by atoms with van der Waals surface area (Å²) in [6, 6.07) is 0. The van der Waals surface area contributed by atoms with Crippen molar-refractivity contribution < 1.29 is 27.9 Å². The molecule has 8 fully saturated rings. The Balaban J connectivity index is 0.000000196. The van der Waals surface area contributed by atoms with E-state index >= 15 is 0 Å². The zero-order valence-corrected chi connectivity index (χ0v) is 47.6. The summed E-state index contributed by atoms with van der Waals surface area (Å²) in [5.41, 5.74) is 1.79. The lowest BCUT2D eigenvalue weighted by Gasteiger charge is -2.63. The van der Waals surface area contributed by atoms with Crippen molar-refractivity contribution in [3.8, 4) is 0 Å². The molecule has 8 heteroatoms. The molecule has 0 aromatic heterocycles. The van der Waals surface area contributed by atoms with Gasteiger partial charge in [0, 0.05) is 24.7 Å². The fourth-order valence-electron chi connectivity index (χ4n) is 18.9. The normalized spacial score (nSPS) is 46.2. The van der Waals surface area contributed by atoms with Crippen LogP contribution >= 0.6 is 0 Å². The first-order chi connectivity index (χ1) is 30.8. The average molecular weight is 952 g/mol. The lowest BCUT2D eigenvalue weighted by Crippen LogP contribution is -2.60. The number of methoxy groups -OCH3 is 2. The topological polar surface area (TPSA) is 71.1 Å². The minimum absolute atomic E-state index is 0.0494. The van der Waals surface area contributed by atoms with Gasteiger partial charge in [-0.2, -0.15) is 0 Å². The van der Waals surface area contributed by atoms with E-state index in [4.69, 9.17) is 18.3 Å². The number of fused-ring (bicyclic) bond motifs is 10. The first kappa shape index (κ1) is 52.8. The molecule has 0 radical (unpaired) electrons. The predicted molar refractivity (Wildman–Crippen MR) is 277 cm³/mol. The van der Waals surface area contributed by atoms with E-state index in [-0.39, 0.29) is 11.9 Å². The van der Waals surface area contributed by atoms with Crippen molar-refractivity contribution >= 4 is 28.6 Å². The van der Waals surface area contributed by atoms with Crippen LogP contribution in [0.4, 0.5) is 0 Å². The van der Waals surface area contributed by atoms with Gasteiger partial charge in [-0.3, -0.25) is 4.79 Å². The quantitative estimate of drug-likeness (QED) is 0.117. The Morgan fingerprint density at radius 3 is 1.44 bits per heavy atom. The molecule has 0 saturated heterocycles. The van der Waals surface area contributed by atoms with Crippen molar-refractivity contribution in [1.29, 1.82) is 0 Å². The van der Waals surface area contributed by atoms with Crippen LogP contribution in [0.15, 0.2) is 12.2 Å². The highest BCUT2D eigenvalue weighted by molar-refractivity contribution is 6.70. The summed E-state index contributed by atoms with van der Waals surface area (Å²) in [5.74, 6) is 10.2. The highest BCUT2D eigenvalue weighted by atomic mass is 28.4. The summed E-state index contributed by atoms with van der Waals surface area (Å²) >= 11 is 0. The van der Waals surface area contributed by atoms with Crippen LogP contribution < -0.4 is 0 Å². The van der Waals surface area contributed by atoms with E-state index in [2.05, 4.69) is 101 Å². The first-order valence-electron chi connectivity index (χ1n) is 28.0. The van der Waals surface area contributed by atoms with Gasteiger partial charge < -0.3 is 18.3 Å². The van der Waals surface area contributed by atoms with Crippen LogP contribution in [-0.4, -0.2) is 55.0 Å². The van der Waals surface area contributed by atoms with Crippen LogP contribution in [0.1, 0.15) is 171 Å². The molecule has 66 heavy (non-hydrogen) atoms. The third kappa shape index (κ3) is 10.4. The molecule has 0 amide bonds. The van der Waals surface area contributed by atoms with Crippen LogP contribution in [0.3, 0.4) is 0 Å². The van der Waals surface area contributed by atoms with E-state index in [1.807, 2.05) is 0 Å². The van der Waals surface area contributed by atoms with Crippen molar-refractivity contribution in [2.45, 2.75) is 222 Å². The number of rotatable bonds is 11. The lowest BCUT2D eigenvalue weighted by atomic mass is 9.43. The van der Waals surface area contributed by atoms with E-state index in [0.29, 0.717) is 64.0 Å². The van der Waals surface area contributed by atoms with Gasteiger partial charge in [-0.25, -0.2) is 4.79 Å². The molecular weight excluding hydrogens is 849 g/mol. The fourth-order valence-corrected chi connectivity index (χ4v) is 21.3. The molecule has 0 spiro atoms. The van der Waals surface area contributed by atoms with Gasteiger partial charge in [0.25, 0.3) is 0 Å². The van der Waals surface area contributed by atoms with Crippen molar-refractivity contribution in [3.05, 3.63) is 12.2 Å². The maximum Gasteiger partial charge on any atom is 0.330 e. The number of esters is 2. The van der Waals surface area contributed by atoms with Gasteiger partial charge >= 0.3 is 11.9 Å². The molecule has 20 atom stereocenters. The number of allylic oxidation sites excluding steroid dienone is 1. The summed E-state index contributed by atoms with van der Waals surface area (Å²) in [7, 11) is -0.243. The van der Waals surface area contributed by atoms with Gasteiger partial charge in [0.05, 0.1) is 14.2 Å². The van der Waals surface area contributed by atoms with E-state index in [0.717, 1.165) is 65.6 Å². The van der Waals surface area contributed by atoms with E-state index in [9.17, 15) is 9.59 Å². The summed E-state index contributed by atoms with van der Waals surface area (Å²) < 4.78 is 24.0. The van der Waals surface area contributed by atoms with Crippen LogP contribution in [0.25, 0.3) is 0 Å². The van der Waals surface area contributed by atoms with Gasteiger partial charge in [0.2, 0.25) is 0 Å². The van der Waals surface area contributed by atoms with Gasteiger partial charge in [0.15, 0.2) is 16.6 Å². The maximum atomic E-state index is 11.8. The molecule has 8 aliphatic rings. The van der Waals surface area contributed by atoms with Gasteiger partial charge in [-0.1, -0.05) is 74.3 Å². The van der Waals surface area contributed by atoms with Gasteiger partial charge in [0.1, 0.15) is 0 Å². The SMILES string of the molecule is COC(=O)/C=C/[C@@H](C)[C@H]1CC[C@H]2[C@@H]3[C@H](O[Si](C)(C)C)C[C@@H]4C[C@H](C)CC[C@]4(C)[C@H]3CC[C@]12C.COC(=O)CC[C@@H](C)[C@H]1CC[C@H]2[C@@H]3[C@H](O[Si](C)(C)C)C[C@@H]4C[C@H](C)CC[C@]4(C)[C@H]3CC[C@]12C. The smallest absolute Gasteiger partial charge is 0.330 e. The first-order valence-corrected chi connectivity index (χ1v) is 34.8. The second-order valence-corrected chi connectivity index (χ2v) is 37.0. The molecule has 6 nitrogen and oxygen atoms in total. The largest absolute Gasteiger partial charge is 0.469 e. The molecular formula is C58H102O6Si2. The van der Waals surface area contributed by atoms with Crippen LogP contribution in [-0.2, 0) is 27.9 Å². The molecule has 0 N–H and O–H groups in total. The van der Waals surface area contributed by atoms with Crippen LogP contribution in [0.2, 0.25) is 39.3 Å². The van der Waals surface area contributed by atoms with E-state index in [1.54, 1.807) is 6.08 Å². The Morgan fingerprint density at radius 2 is 1.00 bits per heavy atom. The predicted octanol–water partition coefficient (Wildman–Crippen LogP) is 15.2. The number of carbonyl (C=O) groups is 2. The number of carbonyl (C=O) groups excluding carboxylic acids is 2. The molecule has 0 unspecified atom stereocenters. The van der Waals surface area contributed by atoms with E-state index < -0.39 is 16.6 Å². The average Bonchev–Trinajstić information content (AvgIpc) is 3.78. The van der Waals surface area contributed by atoms with Gasteiger partial charge in [-0.05, 0) is 240 Å².